The molecule has 1 aromatic heterocycles. The summed E-state index contributed by atoms with van der Waals surface area (Å²) in [6.45, 7) is 0. The molecule has 0 atom stereocenters. The molecule has 0 aliphatic rings. The third-order valence-electron chi connectivity index (χ3n) is 3.57. The van der Waals surface area contributed by atoms with E-state index in [9.17, 15) is 40.7 Å². The van der Waals surface area contributed by atoms with E-state index in [4.69, 9.17) is 5.11 Å². The number of carbonyl (C=O) groups is 1. The number of aryl methyl sites for hydroxylation is 1. The van der Waals surface area contributed by atoms with Gasteiger partial charge in [-0.05, 0) is 36.6 Å². The van der Waals surface area contributed by atoms with Gasteiger partial charge in [0.25, 0.3) is 5.56 Å². The van der Waals surface area contributed by atoms with E-state index >= 15 is 0 Å². The van der Waals surface area contributed by atoms with Gasteiger partial charge < -0.3 is 10.1 Å². The zero-order valence-electron chi connectivity index (χ0n) is 13.1. The predicted molar refractivity (Wildman–Crippen MR) is 78.5 cm³/mol. The number of rotatable bonds is 4. The first-order valence-corrected chi connectivity index (χ1v) is 7.16. The van der Waals surface area contributed by atoms with Crippen LogP contribution in [0.1, 0.15) is 32.7 Å². The molecule has 1 heterocycles. The number of halogens is 6. The number of nitrogens with one attached hydrogen (secondary N) is 2. The van der Waals surface area contributed by atoms with Crippen molar-refractivity contribution >= 4 is 5.97 Å². The van der Waals surface area contributed by atoms with E-state index in [1.54, 1.807) is 4.98 Å². The summed E-state index contributed by atoms with van der Waals surface area (Å²) in [7, 11) is 0. The van der Waals surface area contributed by atoms with E-state index in [0.29, 0.717) is 12.1 Å². The molecule has 0 aliphatic heterocycles. The van der Waals surface area contributed by atoms with Crippen LogP contribution in [0.5, 0.6) is 0 Å². The number of hydrogen-bond donors (Lipinski definition) is 3. The monoisotopic (exact) mass is 396 g/mol. The Balaban J connectivity index is 2.46. The minimum absolute atomic E-state index is 0.0427. The number of aromatic nitrogens is 2. The number of carboxylic acids is 1. The standard InChI is InChI=1S/C15H10F6N2O4/c16-14(17,18)7-3-6(4-8(5-7)15(19,20)21)1-2-9-10(12(25)26)22-13(27)23-11(9)24/h3-5H,1-2H2,(H,25,26)(H2,22,23,24,27). The van der Waals surface area contributed by atoms with E-state index in [1.807, 2.05) is 4.98 Å². The summed E-state index contributed by atoms with van der Waals surface area (Å²) in [5.41, 5.74) is -6.93. The molecular weight excluding hydrogens is 386 g/mol. The smallest absolute Gasteiger partial charge is 0.416 e. The Kier molecular flexibility index (Phi) is 5.20. The number of aromatic carboxylic acids is 1. The van der Waals surface area contributed by atoms with Crippen molar-refractivity contribution in [2.75, 3.05) is 0 Å². The van der Waals surface area contributed by atoms with Gasteiger partial charge in [-0.2, -0.15) is 26.3 Å². The zero-order valence-corrected chi connectivity index (χ0v) is 13.1. The molecule has 1 aromatic carbocycles. The SMILES string of the molecule is O=C(O)c1[nH]c(=O)[nH]c(=O)c1CCc1cc(C(F)(F)F)cc(C(F)(F)F)c1. The van der Waals surface area contributed by atoms with Crippen molar-refractivity contribution in [3.8, 4) is 0 Å². The van der Waals surface area contributed by atoms with E-state index in [0.717, 1.165) is 0 Å². The Morgan fingerprint density at radius 3 is 1.85 bits per heavy atom. The van der Waals surface area contributed by atoms with E-state index in [1.165, 1.54) is 0 Å². The van der Waals surface area contributed by atoms with Crippen LogP contribution in [0.15, 0.2) is 27.8 Å². The maximum atomic E-state index is 12.8. The fourth-order valence-electron chi connectivity index (χ4n) is 2.37. The summed E-state index contributed by atoms with van der Waals surface area (Å²) >= 11 is 0. The maximum absolute atomic E-state index is 12.8. The number of hydrogen-bond acceptors (Lipinski definition) is 3. The molecule has 0 saturated carbocycles. The van der Waals surface area contributed by atoms with Crippen molar-refractivity contribution in [2.24, 2.45) is 0 Å². The van der Waals surface area contributed by atoms with Crippen LogP contribution < -0.4 is 11.2 Å². The highest BCUT2D eigenvalue weighted by molar-refractivity contribution is 5.86. The predicted octanol–water partition coefficient (Wildman–Crippen LogP) is 2.58. The van der Waals surface area contributed by atoms with Crippen LogP contribution in [0.2, 0.25) is 0 Å². The minimum atomic E-state index is -5.03. The molecule has 0 saturated heterocycles. The Hall–Kier alpha value is -3.05. The van der Waals surface area contributed by atoms with Crippen molar-refractivity contribution in [1.29, 1.82) is 0 Å². The summed E-state index contributed by atoms with van der Waals surface area (Å²) in [5.74, 6) is -1.67. The maximum Gasteiger partial charge on any atom is 0.416 e. The highest BCUT2D eigenvalue weighted by Crippen LogP contribution is 2.36. The molecule has 0 radical (unpaired) electrons. The molecule has 0 unspecified atom stereocenters. The van der Waals surface area contributed by atoms with Crippen LogP contribution >= 0.6 is 0 Å². The van der Waals surface area contributed by atoms with Crippen LogP contribution in [0, 0.1) is 0 Å². The first kappa shape index (κ1) is 20.3. The van der Waals surface area contributed by atoms with E-state index in [-0.39, 0.29) is 6.07 Å². The lowest BCUT2D eigenvalue weighted by Crippen LogP contribution is -2.30. The lowest BCUT2D eigenvalue weighted by Gasteiger charge is -2.14. The Morgan fingerprint density at radius 2 is 1.41 bits per heavy atom. The van der Waals surface area contributed by atoms with Gasteiger partial charge in [-0.15, -0.1) is 0 Å². The van der Waals surface area contributed by atoms with Crippen LogP contribution in [0.3, 0.4) is 0 Å². The molecular formula is C15H10F6N2O4. The van der Waals surface area contributed by atoms with Gasteiger partial charge in [0.1, 0.15) is 5.69 Å². The Bertz CT molecular complexity index is 955. The number of aromatic amines is 2. The summed E-state index contributed by atoms with van der Waals surface area (Å²) in [6.07, 6.45) is -11.1. The zero-order chi connectivity index (χ0) is 20.6. The molecule has 6 nitrogen and oxygen atoms in total. The molecule has 0 aliphatic carbocycles. The van der Waals surface area contributed by atoms with Crippen molar-refractivity contribution in [3.63, 3.8) is 0 Å². The van der Waals surface area contributed by atoms with Crippen molar-refractivity contribution in [3.05, 3.63) is 67.0 Å². The molecule has 3 N–H and O–H groups in total. The molecule has 0 fully saturated rings. The Labute approximate surface area is 145 Å². The third kappa shape index (κ3) is 4.77. The van der Waals surface area contributed by atoms with Gasteiger partial charge in [-0.3, -0.25) is 9.78 Å². The minimum Gasteiger partial charge on any atom is -0.477 e. The Morgan fingerprint density at radius 1 is 0.889 bits per heavy atom. The second-order valence-corrected chi connectivity index (χ2v) is 5.48. The van der Waals surface area contributed by atoms with Gasteiger partial charge in [-0.1, -0.05) is 0 Å². The molecule has 2 rings (SSSR count). The summed E-state index contributed by atoms with van der Waals surface area (Å²) in [6, 6.07) is 0.921. The van der Waals surface area contributed by atoms with E-state index in [2.05, 4.69) is 0 Å². The quantitative estimate of drug-likeness (QED) is 0.692. The second-order valence-electron chi connectivity index (χ2n) is 5.48. The average molecular weight is 396 g/mol. The fourth-order valence-corrected chi connectivity index (χ4v) is 2.37. The summed E-state index contributed by atoms with van der Waals surface area (Å²) < 4.78 is 77.0. The highest BCUT2D eigenvalue weighted by Gasteiger charge is 2.36. The highest BCUT2D eigenvalue weighted by atomic mass is 19.4. The van der Waals surface area contributed by atoms with Crippen LogP contribution in [0.25, 0.3) is 0 Å². The second kappa shape index (κ2) is 6.93. The lowest BCUT2D eigenvalue weighted by atomic mass is 9.99. The van der Waals surface area contributed by atoms with Gasteiger partial charge in [-0.25, -0.2) is 9.59 Å². The molecule has 146 valence electrons. The number of carboxylic acid groups (broad SMARTS) is 1. The van der Waals surface area contributed by atoms with Crippen LogP contribution in [-0.4, -0.2) is 21.0 Å². The first-order chi connectivity index (χ1) is 12.3. The van der Waals surface area contributed by atoms with Gasteiger partial charge in [0.15, 0.2) is 0 Å². The van der Waals surface area contributed by atoms with Gasteiger partial charge in [0, 0.05) is 5.56 Å². The van der Waals surface area contributed by atoms with Gasteiger partial charge in [0.2, 0.25) is 0 Å². The molecule has 0 bridgehead atoms. The van der Waals surface area contributed by atoms with Crippen molar-refractivity contribution in [1.82, 2.24) is 9.97 Å². The third-order valence-corrected chi connectivity index (χ3v) is 3.57. The largest absolute Gasteiger partial charge is 0.477 e. The van der Waals surface area contributed by atoms with E-state index < -0.39 is 70.4 Å². The number of alkyl halides is 6. The molecule has 2 aromatic rings. The van der Waals surface area contributed by atoms with Crippen molar-refractivity contribution in [2.45, 2.75) is 25.2 Å². The molecule has 0 spiro atoms. The number of benzene rings is 1. The molecule has 27 heavy (non-hydrogen) atoms. The lowest BCUT2D eigenvalue weighted by molar-refractivity contribution is -0.143. The van der Waals surface area contributed by atoms with Crippen molar-refractivity contribution < 1.29 is 36.2 Å². The number of H-pyrrole nitrogens is 2. The molecule has 12 heteroatoms. The normalized spacial score (nSPS) is 12.2. The van der Waals surface area contributed by atoms with Gasteiger partial charge >= 0.3 is 24.0 Å². The topological polar surface area (TPSA) is 103 Å². The fraction of sp³-hybridized carbons (Fsp3) is 0.267. The van der Waals surface area contributed by atoms with Crippen LogP contribution in [-0.2, 0) is 25.2 Å². The summed E-state index contributed by atoms with van der Waals surface area (Å²) in [5, 5.41) is 8.99. The van der Waals surface area contributed by atoms with Crippen LogP contribution in [0.4, 0.5) is 26.3 Å². The average Bonchev–Trinajstić information content (AvgIpc) is 2.51. The molecule has 0 amide bonds. The first-order valence-electron chi connectivity index (χ1n) is 7.16. The van der Waals surface area contributed by atoms with Gasteiger partial charge in [0.05, 0.1) is 11.1 Å². The summed E-state index contributed by atoms with van der Waals surface area (Å²) in [4.78, 5) is 37.6.